The zero-order valence-electron chi connectivity index (χ0n) is 11.0. The Kier molecular flexibility index (Phi) is 2.73. The minimum absolute atomic E-state index is 0.0929. The number of hydrogen-bond donors (Lipinski definition) is 2. The molecule has 0 atom stereocenters. The van der Waals surface area contributed by atoms with E-state index in [9.17, 15) is 5.11 Å². The summed E-state index contributed by atoms with van der Waals surface area (Å²) in [6, 6.07) is 3.27. The van der Waals surface area contributed by atoms with E-state index >= 15 is 0 Å². The molecule has 0 radical (unpaired) electrons. The van der Waals surface area contributed by atoms with Gasteiger partial charge in [0.2, 0.25) is 5.88 Å². The summed E-state index contributed by atoms with van der Waals surface area (Å²) >= 11 is 0. The zero-order chi connectivity index (χ0) is 13.5. The van der Waals surface area contributed by atoms with Crippen molar-refractivity contribution in [2.24, 2.45) is 0 Å². The Labute approximate surface area is 105 Å². The number of aromatic nitrogens is 4. The summed E-state index contributed by atoms with van der Waals surface area (Å²) in [5.74, 6) is 0.634. The molecule has 0 fully saturated rings. The highest BCUT2D eigenvalue weighted by molar-refractivity contribution is 5.39. The predicted molar refractivity (Wildman–Crippen MR) is 68.7 cm³/mol. The van der Waals surface area contributed by atoms with E-state index in [1.54, 1.807) is 13.0 Å². The van der Waals surface area contributed by atoms with Gasteiger partial charge >= 0.3 is 0 Å². The smallest absolute Gasteiger partial charge is 0.255 e. The predicted octanol–water partition coefficient (Wildman–Crippen LogP) is 1.56. The van der Waals surface area contributed by atoms with E-state index in [4.69, 9.17) is 5.73 Å². The first kappa shape index (κ1) is 12.3. The Morgan fingerprint density at radius 1 is 1.22 bits per heavy atom. The number of nitrogens with zero attached hydrogens (tertiary/aromatic N) is 4. The molecule has 6 nitrogen and oxygen atoms in total. The minimum atomic E-state index is -0.106. The molecule has 0 bridgehead atoms. The van der Waals surface area contributed by atoms with Crippen molar-refractivity contribution >= 4 is 5.82 Å². The molecule has 2 aromatic rings. The average Bonchev–Trinajstić information content (AvgIpc) is 2.58. The van der Waals surface area contributed by atoms with Gasteiger partial charge in [-0.05, 0) is 6.92 Å². The van der Waals surface area contributed by atoms with Crippen molar-refractivity contribution in [2.75, 3.05) is 5.73 Å². The number of hydrogen-bond acceptors (Lipinski definition) is 5. The maximum absolute atomic E-state index is 9.48. The van der Waals surface area contributed by atoms with Crippen LogP contribution in [0.5, 0.6) is 5.88 Å². The Bertz CT molecular complexity index is 562. The molecule has 2 heterocycles. The molecule has 0 amide bonds. The van der Waals surface area contributed by atoms with Crippen LogP contribution in [-0.4, -0.2) is 24.9 Å². The highest BCUT2D eigenvalue weighted by Crippen LogP contribution is 2.24. The van der Waals surface area contributed by atoms with Crippen molar-refractivity contribution < 1.29 is 5.11 Å². The lowest BCUT2D eigenvalue weighted by Gasteiger charge is -2.13. The first-order valence-corrected chi connectivity index (χ1v) is 5.68. The second kappa shape index (κ2) is 3.97. The summed E-state index contributed by atoms with van der Waals surface area (Å²) in [6.07, 6.45) is 0. The fourth-order valence-corrected chi connectivity index (χ4v) is 1.55. The number of aromatic hydroxyl groups is 1. The van der Waals surface area contributed by atoms with E-state index in [2.05, 4.69) is 15.1 Å². The minimum Gasteiger partial charge on any atom is -0.493 e. The highest BCUT2D eigenvalue weighted by atomic mass is 16.3. The van der Waals surface area contributed by atoms with Crippen LogP contribution in [0.3, 0.4) is 0 Å². The van der Waals surface area contributed by atoms with Gasteiger partial charge in [0.05, 0.1) is 5.69 Å². The van der Waals surface area contributed by atoms with Gasteiger partial charge in [-0.25, -0.2) is 4.98 Å². The quantitative estimate of drug-likeness (QED) is 0.798. The molecule has 0 aromatic carbocycles. The third kappa shape index (κ3) is 2.27. The zero-order valence-corrected chi connectivity index (χ0v) is 11.0. The van der Waals surface area contributed by atoms with Gasteiger partial charge in [-0.1, -0.05) is 20.8 Å². The maximum atomic E-state index is 9.48. The van der Waals surface area contributed by atoms with Gasteiger partial charge in [-0.3, -0.25) is 0 Å². The van der Waals surface area contributed by atoms with Crippen molar-refractivity contribution in [3.63, 3.8) is 0 Å². The first-order valence-electron chi connectivity index (χ1n) is 5.68. The number of rotatable bonds is 1. The molecule has 2 rings (SSSR count). The fraction of sp³-hybridized carbons (Fsp3) is 0.417. The van der Waals surface area contributed by atoms with E-state index in [0.717, 1.165) is 5.69 Å². The molecule has 6 heteroatoms. The third-order valence-electron chi connectivity index (χ3n) is 2.52. The Morgan fingerprint density at radius 3 is 2.39 bits per heavy atom. The SMILES string of the molecule is Cc1cc(O)nc(-n2nc(C(C)(C)C)cc2N)n1. The van der Waals surface area contributed by atoms with Gasteiger partial charge in [0, 0.05) is 23.2 Å². The van der Waals surface area contributed by atoms with Crippen LogP contribution in [0.1, 0.15) is 32.2 Å². The molecule has 96 valence electrons. The summed E-state index contributed by atoms with van der Waals surface area (Å²) < 4.78 is 1.44. The molecule has 2 aromatic heterocycles. The summed E-state index contributed by atoms with van der Waals surface area (Å²) in [7, 11) is 0. The van der Waals surface area contributed by atoms with Crippen LogP contribution in [-0.2, 0) is 5.41 Å². The Hall–Kier alpha value is -2.11. The van der Waals surface area contributed by atoms with E-state index in [-0.39, 0.29) is 17.2 Å². The van der Waals surface area contributed by atoms with Crippen LogP contribution >= 0.6 is 0 Å². The molecule has 0 unspecified atom stereocenters. The summed E-state index contributed by atoms with van der Waals surface area (Å²) in [5, 5.41) is 13.9. The summed E-state index contributed by atoms with van der Waals surface area (Å²) in [4.78, 5) is 8.14. The monoisotopic (exact) mass is 247 g/mol. The molecule has 0 aliphatic heterocycles. The lowest BCUT2D eigenvalue weighted by Crippen LogP contribution is -2.13. The molecule has 0 aliphatic rings. The summed E-state index contributed by atoms with van der Waals surface area (Å²) in [5.41, 5.74) is 7.31. The van der Waals surface area contributed by atoms with E-state index in [1.807, 2.05) is 20.8 Å². The van der Waals surface area contributed by atoms with Gasteiger partial charge in [-0.2, -0.15) is 14.8 Å². The standard InChI is InChI=1S/C12H17N5O/c1-7-5-10(18)15-11(14-7)17-9(13)6-8(16-17)12(2,3)4/h5-6H,13H2,1-4H3,(H,14,15,18). The van der Waals surface area contributed by atoms with Crippen molar-refractivity contribution in [1.29, 1.82) is 0 Å². The van der Waals surface area contributed by atoms with Crippen molar-refractivity contribution in [1.82, 2.24) is 19.7 Å². The second-order valence-corrected chi connectivity index (χ2v) is 5.28. The van der Waals surface area contributed by atoms with Crippen molar-refractivity contribution in [2.45, 2.75) is 33.1 Å². The molecule has 0 saturated heterocycles. The fourth-order valence-electron chi connectivity index (χ4n) is 1.55. The van der Waals surface area contributed by atoms with Crippen molar-refractivity contribution in [3.8, 4) is 11.8 Å². The van der Waals surface area contributed by atoms with Gasteiger partial charge < -0.3 is 10.8 Å². The second-order valence-electron chi connectivity index (χ2n) is 5.28. The lowest BCUT2D eigenvalue weighted by molar-refractivity contribution is 0.449. The Balaban J connectivity index is 2.54. The molecule has 0 spiro atoms. The summed E-state index contributed by atoms with van der Waals surface area (Å²) in [6.45, 7) is 7.92. The van der Waals surface area contributed by atoms with Crippen LogP contribution in [0.2, 0.25) is 0 Å². The van der Waals surface area contributed by atoms with Crippen LogP contribution in [0.15, 0.2) is 12.1 Å². The molecular formula is C12H17N5O. The third-order valence-corrected chi connectivity index (χ3v) is 2.52. The Morgan fingerprint density at radius 2 is 1.89 bits per heavy atom. The van der Waals surface area contributed by atoms with Crippen LogP contribution in [0.4, 0.5) is 5.82 Å². The van der Waals surface area contributed by atoms with Gasteiger partial charge in [0.15, 0.2) is 0 Å². The molecule has 18 heavy (non-hydrogen) atoms. The maximum Gasteiger partial charge on any atom is 0.255 e. The number of nitrogens with two attached hydrogens (primary N) is 1. The van der Waals surface area contributed by atoms with Gasteiger partial charge in [-0.15, -0.1) is 0 Å². The highest BCUT2D eigenvalue weighted by Gasteiger charge is 2.20. The number of anilines is 1. The molecule has 0 aliphatic carbocycles. The van der Waals surface area contributed by atoms with E-state index in [0.29, 0.717) is 11.5 Å². The van der Waals surface area contributed by atoms with Crippen LogP contribution in [0, 0.1) is 6.92 Å². The number of nitrogen functional groups attached to an aromatic ring is 1. The normalized spacial score (nSPS) is 11.8. The average molecular weight is 247 g/mol. The van der Waals surface area contributed by atoms with Crippen molar-refractivity contribution in [3.05, 3.63) is 23.5 Å². The molecule has 0 saturated carbocycles. The van der Waals surface area contributed by atoms with Crippen LogP contribution in [0.25, 0.3) is 5.95 Å². The van der Waals surface area contributed by atoms with E-state index in [1.165, 1.54) is 10.7 Å². The molecule has 3 N–H and O–H groups in total. The molecular weight excluding hydrogens is 230 g/mol. The lowest BCUT2D eigenvalue weighted by atomic mass is 9.92. The van der Waals surface area contributed by atoms with Gasteiger partial charge in [0.25, 0.3) is 5.95 Å². The first-order chi connectivity index (χ1) is 8.27. The number of aryl methyl sites for hydroxylation is 1. The largest absolute Gasteiger partial charge is 0.493 e. The van der Waals surface area contributed by atoms with E-state index < -0.39 is 0 Å². The van der Waals surface area contributed by atoms with Gasteiger partial charge in [0.1, 0.15) is 5.82 Å². The topological polar surface area (TPSA) is 89.9 Å². The van der Waals surface area contributed by atoms with Crippen LogP contribution < -0.4 is 5.73 Å².